The van der Waals surface area contributed by atoms with Gasteiger partial charge < -0.3 is 10.1 Å². The first-order valence-electron chi connectivity index (χ1n) is 7.60. The Kier molecular flexibility index (Phi) is 4.88. The Morgan fingerprint density at radius 1 is 1.00 bits per heavy atom. The van der Waals surface area contributed by atoms with Crippen molar-refractivity contribution in [2.24, 2.45) is 0 Å². The van der Waals surface area contributed by atoms with Gasteiger partial charge in [-0.1, -0.05) is 24.3 Å². The molecule has 0 radical (unpaired) electrons. The molecule has 0 saturated carbocycles. The summed E-state index contributed by atoms with van der Waals surface area (Å²) < 4.78 is 40.1. The van der Waals surface area contributed by atoms with E-state index in [0.29, 0.717) is 11.4 Å². The van der Waals surface area contributed by atoms with Gasteiger partial charge in [-0.05, 0) is 42.5 Å². The smallest absolute Gasteiger partial charge is 0.406 e. The Hall–Kier alpha value is -3.35. The van der Waals surface area contributed by atoms with E-state index in [2.05, 4.69) is 15.0 Å². The summed E-state index contributed by atoms with van der Waals surface area (Å²) in [6.45, 7) is 0. The van der Waals surface area contributed by atoms with Crippen LogP contribution in [0.2, 0.25) is 0 Å². The number of para-hydroxylation sites is 1. The molecule has 7 heteroatoms. The number of alkyl halides is 3. The molecule has 0 aliphatic rings. The lowest BCUT2D eigenvalue weighted by molar-refractivity contribution is -0.274. The number of halogens is 3. The number of hydrogen-bond acceptors (Lipinski definition) is 3. The van der Waals surface area contributed by atoms with Crippen LogP contribution < -0.4 is 10.1 Å². The molecule has 1 N–H and O–H groups in total. The zero-order valence-corrected chi connectivity index (χ0v) is 13.3. The lowest BCUT2D eigenvalue weighted by Gasteiger charge is -2.09. The van der Waals surface area contributed by atoms with Crippen molar-refractivity contribution in [2.45, 2.75) is 6.36 Å². The molecular weight excluding hydrogens is 345 g/mol. The number of rotatable bonds is 4. The topological polar surface area (TPSA) is 51.2 Å². The number of benzene rings is 2. The van der Waals surface area contributed by atoms with Gasteiger partial charge in [0.15, 0.2) is 0 Å². The van der Waals surface area contributed by atoms with E-state index >= 15 is 0 Å². The fraction of sp³-hybridized carbons (Fsp3) is 0.0526. The molecule has 4 nitrogen and oxygen atoms in total. The Morgan fingerprint density at radius 2 is 1.73 bits per heavy atom. The predicted molar refractivity (Wildman–Crippen MR) is 92.5 cm³/mol. The van der Waals surface area contributed by atoms with E-state index in [1.807, 2.05) is 30.3 Å². The Bertz CT molecular complexity index is 951. The van der Waals surface area contributed by atoms with E-state index in [1.165, 1.54) is 18.2 Å². The van der Waals surface area contributed by atoms with Crippen LogP contribution in [0.5, 0.6) is 5.75 Å². The normalized spacial score (nSPS) is 11.7. The molecule has 0 atom stereocenters. The van der Waals surface area contributed by atoms with Gasteiger partial charge in [0.25, 0.3) is 0 Å². The number of fused-ring (bicyclic) bond motifs is 1. The second kappa shape index (κ2) is 7.26. The summed E-state index contributed by atoms with van der Waals surface area (Å²) in [4.78, 5) is 16.3. The molecule has 0 unspecified atom stereocenters. The molecule has 3 aromatic rings. The first kappa shape index (κ1) is 17.5. The number of anilines is 1. The number of aromatic nitrogens is 1. The Labute approximate surface area is 146 Å². The second-order valence-corrected chi connectivity index (χ2v) is 5.32. The minimum atomic E-state index is -4.75. The minimum absolute atomic E-state index is 0.348. The predicted octanol–water partition coefficient (Wildman–Crippen LogP) is 4.79. The molecule has 1 aromatic heterocycles. The number of amides is 1. The molecule has 3 rings (SSSR count). The fourth-order valence-electron chi connectivity index (χ4n) is 2.26. The maximum absolute atomic E-state index is 12.1. The molecule has 1 amide bonds. The lowest BCUT2D eigenvalue weighted by atomic mass is 10.2. The van der Waals surface area contributed by atoms with E-state index in [1.54, 1.807) is 12.1 Å². The zero-order valence-electron chi connectivity index (χ0n) is 13.3. The minimum Gasteiger partial charge on any atom is -0.406 e. The van der Waals surface area contributed by atoms with Gasteiger partial charge in [0, 0.05) is 17.1 Å². The van der Waals surface area contributed by atoms with Crippen molar-refractivity contribution in [1.82, 2.24) is 4.98 Å². The van der Waals surface area contributed by atoms with E-state index in [0.717, 1.165) is 23.0 Å². The monoisotopic (exact) mass is 358 g/mol. The van der Waals surface area contributed by atoms with Crippen molar-refractivity contribution >= 4 is 28.6 Å². The average molecular weight is 358 g/mol. The number of ether oxygens (including phenoxy) is 1. The van der Waals surface area contributed by atoms with E-state index in [9.17, 15) is 18.0 Å². The van der Waals surface area contributed by atoms with Crippen molar-refractivity contribution < 1.29 is 22.7 Å². The number of nitrogens with one attached hydrogen (secondary N) is 1. The van der Waals surface area contributed by atoms with Gasteiger partial charge >= 0.3 is 6.36 Å². The Balaban J connectivity index is 1.63. The lowest BCUT2D eigenvalue weighted by Crippen LogP contribution is -2.17. The maximum Gasteiger partial charge on any atom is 0.573 e. The third-order valence-electron chi connectivity index (χ3n) is 3.38. The van der Waals surface area contributed by atoms with Gasteiger partial charge in [-0.25, -0.2) is 4.98 Å². The zero-order chi connectivity index (χ0) is 18.6. The summed E-state index contributed by atoms with van der Waals surface area (Å²) in [6, 6.07) is 16.2. The number of carbonyl (C=O) groups is 1. The highest BCUT2D eigenvalue weighted by Crippen LogP contribution is 2.24. The van der Waals surface area contributed by atoms with E-state index in [4.69, 9.17) is 0 Å². The summed E-state index contributed by atoms with van der Waals surface area (Å²) in [6.07, 6.45) is -1.89. The molecule has 0 fully saturated rings. The van der Waals surface area contributed by atoms with Crippen molar-refractivity contribution in [3.05, 3.63) is 72.4 Å². The summed E-state index contributed by atoms with van der Waals surface area (Å²) in [5, 5.41) is 3.54. The van der Waals surface area contributed by atoms with Crippen molar-refractivity contribution in [3.8, 4) is 5.75 Å². The van der Waals surface area contributed by atoms with Crippen LogP contribution in [-0.2, 0) is 4.79 Å². The maximum atomic E-state index is 12.1. The largest absolute Gasteiger partial charge is 0.573 e. The highest BCUT2D eigenvalue weighted by molar-refractivity contribution is 6.01. The van der Waals surface area contributed by atoms with Gasteiger partial charge in [0.2, 0.25) is 5.91 Å². The van der Waals surface area contributed by atoms with Crippen LogP contribution in [0.3, 0.4) is 0 Å². The number of carbonyl (C=O) groups excluding carboxylic acids is 1. The highest BCUT2D eigenvalue weighted by Gasteiger charge is 2.30. The van der Waals surface area contributed by atoms with Crippen LogP contribution in [-0.4, -0.2) is 17.3 Å². The summed E-state index contributed by atoms with van der Waals surface area (Å²) >= 11 is 0. The van der Waals surface area contributed by atoms with E-state index < -0.39 is 12.3 Å². The van der Waals surface area contributed by atoms with Crippen molar-refractivity contribution in [3.63, 3.8) is 0 Å². The van der Waals surface area contributed by atoms with Gasteiger partial charge in [0.05, 0.1) is 11.2 Å². The van der Waals surface area contributed by atoms with E-state index in [-0.39, 0.29) is 5.75 Å². The molecular formula is C19H13F3N2O2. The van der Waals surface area contributed by atoms with Crippen LogP contribution in [0.4, 0.5) is 18.9 Å². The summed E-state index contributed by atoms with van der Waals surface area (Å²) in [5.74, 6) is -0.782. The third kappa shape index (κ3) is 4.83. The van der Waals surface area contributed by atoms with Crippen LogP contribution in [0.1, 0.15) is 5.69 Å². The van der Waals surface area contributed by atoms with Gasteiger partial charge in [-0.15, -0.1) is 13.2 Å². The van der Waals surface area contributed by atoms with Crippen molar-refractivity contribution in [1.29, 1.82) is 0 Å². The third-order valence-corrected chi connectivity index (χ3v) is 3.38. The van der Waals surface area contributed by atoms with Crippen LogP contribution in [0.25, 0.3) is 17.0 Å². The van der Waals surface area contributed by atoms with Gasteiger partial charge in [0.1, 0.15) is 5.75 Å². The number of pyridine rings is 1. The summed E-state index contributed by atoms with van der Waals surface area (Å²) in [5.41, 5.74) is 1.78. The standard InChI is InChI=1S/C19H13F3N2O2/c20-19(21,22)26-16-10-7-15(8-11-16)24-18(25)12-9-14-6-5-13-3-1-2-4-17(13)23-14/h1-12H,(H,24,25)/b12-9+. The van der Waals surface area contributed by atoms with Crippen LogP contribution >= 0.6 is 0 Å². The van der Waals surface area contributed by atoms with Gasteiger partial charge in [-0.2, -0.15) is 0 Å². The molecule has 0 bridgehead atoms. The first-order chi connectivity index (χ1) is 12.4. The number of nitrogens with zero attached hydrogens (tertiary/aromatic N) is 1. The second-order valence-electron chi connectivity index (χ2n) is 5.32. The molecule has 1 heterocycles. The molecule has 0 spiro atoms. The molecule has 0 aliphatic carbocycles. The van der Waals surface area contributed by atoms with Crippen molar-refractivity contribution in [2.75, 3.05) is 5.32 Å². The molecule has 26 heavy (non-hydrogen) atoms. The molecule has 0 saturated heterocycles. The Morgan fingerprint density at radius 3 is 2.46 bits per heavy atom. The average Bonchev–Trinajstić information content (AvgIpc) is 2.60. The fourth-order valence-corrected chi connectivity index (χ4v) is 2.26. The number of hydrogen-bond donors (Lipinski definition) is 1. The molecule has 132 valence electrons. The van der Waals surface area contributed by atoms with Crippen LogP contribution in [0, 0.1) is 0 Å². The molecule has 0 aliphatic heterocycles. The highest BCUT2D eigenvalue weighted by atomic mass is 19.4. The first-order valence-corrected chi connectivity index (χ1v) is 7.60. The SMILES string of the molecule is O=C(/C=C/c1ccc2ccccc2n1)Nc1ccc(OC(F)(F)F)cc1. The quantitative estimate of drug-likeness (QED) is 0.683. The molecule has 2 aromatic carbocycles. The van der Waals surface area contributed by atoms with Crippen LogP contribution in [0.15, 0.2) is 66.7 Å². The van der Waals surface area contributed by atoms with Gasteiger partial charge in [-0.3, -0.25) is 4.79 Å². The summed E-state index contributed by atoms with van der Waals surface area (Å²) in [7, 11) is 0.